The van der Waals surface area contributed by atoms with Gasteiger partial charge in [-0.25, -0.2) is 4.39 Å². The molecule has 2 rings (SSSR count). The highest BCUT2D eigenvalue weighted by Crippen LogP contribution is 2.23. The van der Waals surface area contributed by atoms with E-state index in [0.29, 0.717) is 13.1 Å². The van der Waals surface area contributed by atoms with Gasteiger partial charge in [0.15, 0.2) is 0 Å². The van der Waals surface area contributed by atoms with Gasteiger partial charge >= 0.3 is 5.97 Å². The average molecular weight is 252 g/mol. The van der Waals surface area contributed by atoms with Crippen LogP contribution in [-0.2, 0) is 9.59 Å². The van der Waals surface area contributed by atoms with Gasteiger partial charge in [-0.05, 0) is 12.1 Å². The molecule has 1 saturated heterocycles. The molecular weight excluding hydrogens is 239 g/mol. The third-order valence-corrected chi connectivity index (χ3v) is 2.86. The van der Waals surface area contributed by atoms with Crippen LogP contribution in [0.1, 0.15) is 6.42 Å². The number of carboxylic acids is 1. The van der Waals surface area contributed by atoms with Crippen molar-refractivity contribution in [3.63, 3.8) is 0 Å². The van der Waals surface area contributed by atoms with E-state index in [1.165, 1.54) is 11.0 Å². The third kappa shape index (κ3) is 2.42. The first kappa shape index (κ1) is 12.3. The van der Waals surface area contributed by atoms with E-state index in [2.05, 4.69) is 5.32 Å². The van der Waals surface area contributed by atoms with Crippen molar-refractivity contribution in [3.05, 3.63) is 30.1 Å². The molecule has 5 nitrogen and oxygen atoms in total. The molecule has 1 aliphatic rings. The molecule has 0 bridgehead atoms. The Hall–Kier alpha value is -2.11. The van der Waals surface area contributed by atoms with Gasteiger partial charge in [-0.15, -0.1) is 0 Å². The highest BCUT2D eigenvalue weighted by atomic mass is 19.1. The highest BCUT2D eigenvalue weighted by molar-refractivity contribution is 5.90. The van der Waals surface area contributed by atoms with E-state index in [0.717, 1.165) is 0 Å². The number of piperazine rings is 1. The molecule has 0 spiro atoms. The van der Waals surface area contributed by atoms with Crippen molar-refractivity contribution in [3.8, 4) is 0 Å². The molecule has 0 saturated carbocycles. The third-order valence-electron chi connectivity index (χ3n) is 2.86. The second kappa shape index (κ2) is 5.03. The maximum absolute atomic E-state index is 13.7. The summed E-state index contributed by atoms with van der Waals surface area (Å²) in [6.45, 7) is 0.772. The van der Waals surface area contributed by atoms with Crippen molar-refractivity contribution in [2.75, 3.05) is 18.0 Å². The maximum Gasteiger partial charge on any atom is 0.305 e. The zero-order valence-corrected chi connectivity index (χ0v) is 9.60. The Labute approximate surface area is 103 Å². The van der Waals surface area contributed by atoms with Gasteiger partial charge in [0.05, 0.1) is 12.1 Å². The fourth-order valence-electron chi connectivity index (χ4n) is 2.06. The van der Waals surface area contributed by atoms with Crippen LogP contribution in [0.15, 0.2) is 24.3 Å². The predicted molar refractivity (Wildman–Crippen MR) is 62.8 cm³/mol. The van der Waals surface area contributed by atoms with E-state index < -0.39 is 17.8 Å². The van der Waals surface area contributed by atoms with Crippen LogP contribution in [0.2, 0.25) is 0 Å². The molecular formula is C12H13FN2O3. The highest BCUT2D eigenvalue weighted by Gasteiger charge is 2.32. The van der Waals surface area contributed by atoms with Crippen LogP contribution < -0.4 is 10.2 Å². The lowest BCUT2D eigenvalue weighted by Crippen LogP contribution is -2.56. The average Bonchev–Trinajstić information content (AvgIpc) is 2.32. The number of aliphatic carboxylic acids is 1. The van der Waals surface area contributed by atoms with Crippen molar-refractivity contribution >= 4 is 17.6 Å². The van der Waals surface area contributed by atoms with Crippen molar-refractivity contribution in [1.29, 1.82) is 0 Å². The Kier molecular flexibility index (Phi) is 3.45. The van der Waals surface area contributed by atoms with Gasteiger partial charge in [-0.2, -0.15) is 0 Å². The van der Waals surface area contributed by atoms with Crippen molar-refractivity contribution in [1.82, 2.24) is 5.32 Å². The number of para-hydroxylation sites is 1. The SMILES string of the molecule is O=C(O)CC1C(=O)NCCN1c1ccccc1F. The van der Waals surface area contributed by atoms with E-state index in [-0.39, 0.29) is 18.0 Å². The minimum Gasteiger partial charge on any atom is -0.481 e. The number of nitrogens with zero attached hydrogens (tertiary/aromatic N) is 1. The number of hydrogen-bond acceptors (Lipinski definition) is 3. The van der Waals surface area contributed by atoms with E-state index in [1.54, 1.807) is 18.2 Å². The predicted octanol–water partition coefficient (Wildman–Crippen LogP) is 0.605. The monoisotopic (exact) mass is 252 g/mol. The molecule has 0 aromatic heterocycles. The number of hydrogen-bond donors (Lipinski definition) is 2. The quantitative estimate of drug-likeness (QED) is 0.826. The lowest BCUT2D eigenvalue weighted by atomic mass is 10.1. The van der Waals surface area contributed by atoms with Crippen molar-refractivity contribution < 1.29 is 19.1 Å². The molecule has 1 amide bonds. The molecule has 1 unspecified atom stereocenters. The first-order valence-electron chi connectivity index (χ1n) is 5.60. The summed E-state index contributed by atoms with van der Waals surface area (Å²) in [6, 6.07) is 5.17. The summed E-state index contributed by atoms with van der Waals surface area (Å²) in [4.78, 5) is 24.0. The van der Waals surface area contributed by atoms with E-state index >= 15 is 0 Å². The minimum absolute atomic E-state index is 0.263. The lowest BCUT2D eigenvalue weighted by molar-refractivity contribution is -0.139. The topological polar surface area (TPSA) is 69.6 Å². The van der Waals surface area contributed by atoms with Crippen LogP contribution in [0, 0.1) is 5.82 Å². The molecule has 6 heteroatoms. The summed E-state index contributed by atoms with van der Waals surface area (Å²) in [5.74, 6) is -1.92. The molecule has 1 aromatic rings. The Balaban J connectivity index is 2.31. The molecule has 1 fully saturated rings. The summed E-state index contributed by atoms with van der Waals surface area (Å²) in [7, 11) is 0. The maximum atomic E-state index is 13.7. The molecule has 1 heterocycles. The first-order chi connectivity index (χ1) is 8.59. The van der Waals surface area contributed by atoms with Crippen molar-refractivity contribution in [2.24, 2.45) is 0 Å². The fourth-order valence-corrected chi connectivity index (χ4v) is 2.06. The molecule has 1 aromatic carbocycles. The smallest absolute Gasteiger partial charge is 0.305 e. The van der Waals surface area contributed by atoms with Gasteiger partial charge in [-0.3, -0.25) is 9.59 Å². The normalized spacial score (nSPS) is 19.5. The van der Waals surface area contributed by atoms with E-state index in [1.807, 2.05) is 0 Å². The van der Waals surface area contributed by atoms with Crippen LogP contribution >= 0.6 is 0 Å². The van der Waals surface area contributed by atoms with Gasteiger partial charge in [0.1, 0.15) is 11.9 Å². The van der Waals surface area contributed by atoms with E-state index in [4.69, 9.17) is 5.11 Å². The lowest BCUT2D eigenvalue weighted by Gasteiger charge is -2.36. The number of carboxylic acid groups (broad SMARTS) is 1. The summed E-state index contributed by atoms with van der Waals surface area (Å²) in [6.07, 6.45) is -0.347. The summed E-state index contributed by atoms with van der Waals surface area (Å²) in [5.41, 5.74) is 0.263. The Morgan fingerprint density at radius 2 is 2.22 bits per heavy atom. The fraction of sp³-hybridized carbons (Fsp3) is 0.333. The van der Waals surface area contributed by atoms with Crippen LogP contribution in [0.25, 0.3) is 0 Å². The minimum atomic E-state index is -1.08. The number of benzene rings is 1. The first-order valence-corrected chi connectivity index (χ1v) is 5.60. The van der Waals surface area contributed by atoms with Crippen LogP contribution in [0.5, 0.6) is 0 Å². The van der Waals surface area contributed by atoms with Gasteiger partial charge in [0.2, 0.25) is 5.91 Å². The second-order valence-corrected chi connectivity index (χ2v) is 4.05. The Bertz CT molecular complexity index is 478. The number of carbonyl (C=O) groups excluding carboxylic acids is 1. The standard InChI is InChI=1S/C12H13FN2O3/c13-8-3-1-2-4-9(8)15-6-5-14-12(18)10(15)7-11(16)17/h1-4,10H,5-7H2,(H,14,18)(H,16,17). The number of amides is 1. The number of carbonyl (C=O) groups is 2. The largest absolute Gasteiger partial charge is 0.481 e. The molecule has 1 atom stereocenters. The number of anilines is 1. The van der Waals surface area contributed by atoms with Gasteiger partial charge in [0.25, 0.3) is 0 Å². The number of halogens is 1. The number of nitrogens with one attached hydrogen (secondary N) is 1. The number of rotatable bonds is 3. The second-order valence-electron chi connectivity index (χ2n) is 4.05. The molecule has 96 valence electrons. The molecule has 2 N–H and O–H groups in total. The summed E-state index contributed by atoms with van der Waals surface area (Å²) >= 11 is 0. The molecule has 18 heavy (non-hydrogen) atoms. The summed E-state index contributed by atoms with van der Waals surface area (Å²) < 4.78 is 13.7. The zero-order valence-electron chi connectivity index (χ0n) is 9.60. The molecule has 1 aliphatic heterocycles. The van der Waals surface area contributed by atoms with Gasteiger partial charge in [-0.1, -0.05) is 12.1 Å². The molecule has 0 radical (unpaired) electrons. The molecule has 0 aliphatic carbocycles. The van der Waals surface area contributed by atoms with Crippen LogP contribution in [0.4, 0.5) is 10.1 Å². The van der Waals surface area contributed by atoms with Crippen molar-refractivity contribution in [2.45, 2.75) is 12.5 Å². The van der Waals surface area contributed by atoms with Gasteiger partial charge in [0, 0.05) is 13.1 Å². The zero-order chi connectivity index (χ0) is 13.1. The van der Waals surface area contributed by atoms with Crippen LogP contribution in [0.3, 0.4) is 0 Å². The van der Waals surface area contributed by atoms with E-state index in [9.17, 15) is 14.0 Å². The van der Waals surface area contributed by atoms with Gasteiger partial charge < -0.3 is 15.3 Å². The Morgan fingerprint density at radius 3 is 2.89 bits per heavy atom. The summed E-state index contributed by atoms with van der Waals surface area (Å²) in [5, 5.41) is 11.4. The Morgan fingerprint density at radius 1 is 1.50 bits per heavy atom. The van der Waals surface area contributed by atoms with Crippen LogP contribution in [-0.4, -0.2) is 36.1 Å².